The van der Waals surface area contributed by atoms with Crippen molar-refractivity contribution in [2.45, 2.75) is 0 Å². The van der Waals surface area contributed by atoms with Gasteiger partial charge in [-0.1, -0.05) is 97.1 Å². The minimum absolute atomic E-state index is 0.706. The zero-order valence-corrected chi connectivity index (χ0v) is 21.6. The van der Waals surface area contributed by atoms with Crippen molar-refractivity contribution in [1.82, 2.24) is 19.4 Å². The van der Waals surface area contributed by atoms with E-state index in [0.29, 0.717) is 5.78 Å². The number of imidazole rings is 1. The van der Waals surface area contributed by atoms with E-state index in [2.05, 4.69) is 130 Å². The Morgan fingerprint density at radius 3 is 2.08 bits per heavy atom. The van der Waals surface area contributed by atoms with Crippen molar-refractivity contribution in [3.05, 3.63) is 140 Å². The molecule has 0 radical (unpaired) electrons. The summed E-state index contributed by atoms with van der Waals surface area (Å²) in [7, 11) is 0. The predicted molar refractivity (Wildman–Crippen MR) is 164 cm³/mol. The highest BCUT2D eigenvalue weighted by Gasteiger charge is 2.16. The van der Waals surface area contributed by atoms with Crippen molar-refractivity contribution in [3.63, 3.8) is 0 Å². The molecule has 0 amide bonds. The highest BCUT2D eigenvalue weighted by molar-refractivity contribution is 6.09. The number of aromatic nitrogens is 4. The summed E-state index contributed by atoms with van der Waals surface area (Å²) in [5, 5.41) is 3.66. The van der Waals surface area contributed by atoms with Gasteiger partial charge >= 0.3 is 0 Å². The van der Waals surface area contributed by atoms with E-state index in [0.717, 1.165) is 22.5 Å². The maximum atomic E-state index is 4.66. The molecule has 0 bridgehead atoms. The molecular formula is C36H24N4. The Balaban J connectivity index is 1.23. The lowest BCUT2D eigenvalue weighted by molar-refractivity contribution is 1.11. The summed E-state index contributed by atoms with van der Waals surface area (Å²) < 4.78 is 1.95. The van der Waals surface area contributed by atoms with E-state index in [1.165, 1.54) is 44.0 Å². The Labute approximate surface area is 231 Å². The molecule has 4 heteroatoms. The Bertz CT molecular complexity index is 2100. The lowest BCUT2D eigenvalue weighted by atomic mass is 9.95. The number of hydrogen-bond acceptors (Lipinski definition) is 2. The van der Waals surface area contributed by atoms with E-state index < -0.39 is 0 Å². The highest BCUT2D eigenvalue weighted by Crippen LogP contribution is 2.40. The molecule has 0 fully saturated rings. The number of nitrogens with one attached hydrogen (secondary N) is 1. The third-order valence-electron chi connectivity index (χ3n) is 7.63. The summed E-state index contributed by atoms with van der Waals surface area (Å²) in [6.45, 7) is 0. The van der Waals surface area contributed by atoms with Crippen LogP contribution in [0.25, 0.3) is 72.2 Å². The minimum atomic E-state index is 0.706. The van der Waals surface area contributed by atoms with Gasteiger partial charge in [0.05, 0.1) is 11.4 Å². The van der Waals surface area contributed by atoms with Crippen LogP contribution in [0.2, 0.25) is 0 Å². The molecular weight excluding hydrogens is 488 g/mol. The van der Waals surface area contributed by atoms with Gasteiger partial charge in [-0.15, -0.1) is 0 Å². The molecule has 0 atom stereocenters. The zero-order chi connectivity index (χ0) is 26.5. The molecule has 4 nitrogen and oxygen atoms in total. The molecule has 0 saturated carbocycles. The second-order valence-corrected chi connectivity index (χ2v) is 10.1. The van der Waals surface area contributed by atoms with E-state index in [-0.39, 0.29) is 0 Å². The summed E-state index contributed by atoms with van der Waals surface area (Å²) in [5.74, 6) is 0.706. The summed E-state index contributed by atoms with van der Waals surface area (Å²) >= 11 is 0. The van der Waals surface area contributed by atoms with Gasteiger partial charge in [0, 0.05) is 40.6 Å². The first-order chi connectivity index (χ1) is 19.8. The SMILES string of the molecule is c1ccc(-c2[nH]c3cc4ccc(-c5ccc(-c6cn7cccnc7n6)cc5)cc4cc3c2-c2ccccc2)cc1. The summed E-state index contributed by atoms with van der Waals surface area (Å²) in [6, 6.07) is 43.1. The first-order valence-corrected chi connectivity index (χ1v) is 13.4. The van der Waals surface area contributed by atoms with Gasteiger partial charge in [-0.05, 0) is 57.3 Å². The van der Waals surface area contributed by atoms with E-state index in [1.54, 1.807) is 6.20 Å². The molecule has 0 saturated heterocycles. The van der Waals surface area contributed by atoms with E-state index in [9.17, 15) is 0 Å². The van der Waals surface area contributed by atoms with Crippen molar-refractivity contribution in [1.29, 1.82) is 0 Å². The van der Waals surface area contributed by atoms with Crippen molar-refractivity contribution in [2.24, 2.45) is 0 Å². The number of benzene rings is 5. The average Bonchev–Trinajstić information content (AvgIpc) is 3.62. The van der Waals surface area contributed by atoms with Crippen LogP contribution in [-0.4, -0.2) is 19.4 Å². The number of hydrogen-bond donors (Lipinski definition) is 1. The third-order valence-corrected chi connectivity index (χ3v) is 7.63. The van der Waals surface area contributed by atoms with E-state index >= 15 is 0 Å². The molecule has 0 unspecified atom stereocenters. The van der Waals surface area contributed by atoms with Gasteiger partial charge in [0.1, 0.15) is 0 Å². The number of fused-ring (bicyclic) bond motifs is 3. The lowest BCUT2D eigenvalue weighted by Gasteiger charge is -2.08. The topological polar surface area (TPSA) is 46.0 Å². The minimum Gasteiger partial charge on any atom is -0.354 e. The van der Waals surface area contributed by atoms with Crippen LogP contribution < -0.4 is 0 Å². The quantitative estimate of drug-likeness (QED) is 0.256. The lowest BCUT2D eigenvalue weighted by Crippen LogP contribution is -1.83. The van der Waals surface area contributed by atoms with Gasteiger partial charge in [0.2, 0.25) is 5.78 Å². The van der Waals surface area contributed by atoms with Crippen molar-refractivity contribution >= 4 is 27.5 Å². The molecule has 3 heterocycles. The maximum Gasteiger partial charge on any atom is 0.234 e. The van der Waals surface area contributed by atoms with Crippen molar-refractivity contribution in [3.8, 4) is 44.8 Å². The normalized spacial score (nSPS) is 11.5. The van der Waals surface area contributed by atoms with Gasteiger partial charge in [-0.25, -0.2) is 9.97 Å². The molecule has 0 aliphatic heterocycles. The number of aromatic amines is 1. The van der Waals surface area contributed by atoms with Crippen molar-refractivity contribution < 1.29 is 0 Å². The fraction of sp³-hybridized carbons (Fsp3) is 0. The van der Waals surface area contributed by atoms with Gasteiger partial charge < -0.3 is 4.98 Å². The smallest absolute Gasteiger partial charge is 0.234 e. The second-order valence-electron chi connectivity index (χ2n) is 10.1. The maximum absolute atomic E-state index is 4.66. The van der Waals surface area contributed by atoms with Gasteiger partial charge in [-0.2, -0.15) is 0 Å². The van der Waals surface area contributed by atoms with Crippen LogP contribution in [0.5, 0.6) is 0 Å². The molecule has 8 rings (SSSR count). The molecule has 0 aliphatic carbocycles. The molecule has 1 N–H and O–H groups in total. The van der Waals surface area contributed by atoms with Gasteiger partial charge in [0.15, 0.2) is 0 Å². The molecule has 40 heavy (non-hydrogen) atoms. The molecule has 3 aromatic heterocycles. The van der Waals surface area contributed by atoms with Crippen LogP contribution >= 0.6 is 0 Å². The molecule has 0 aliphatic rings. The first kappa shape index (κ1) is 22.5. The van der Waals surface area contributed by atoms with E-state index in [1.807, 2.05) is 22.9 Å². The Morgan fingerprint density at radius 2 is 1.30 bits per heavy atom. The Morgan fingerprint density at radius 1 is 0.575 bits per heavy atom. The number of H-pyrrole nitrogens is 1. The van der Waals surface area contributed by atoms with Crippen LogP contribution in [0.3, 0.4) is 0 Å². The molecule has 8 aromatic rings. The average molecular weight is 513 g/mol. The molecule has 188 valence electrons. The monoisotopic (exact) mass is 512 g/mol. The van der Waals surface area contributed by atoms with Gasteiger partial charge in [-0.3, -0.25) is 4.40 Å². The predicted octanol–water partition coefficient (Wildman–Crippen LogP) is 9.03. The molecule has 5 aromatic carbocycles. The fourth-order valence-corrected chi connectivity index (χ4v) is 5.65. The van der Waals surface area contributed by atoms with Crippen LogP contribution in [0.15, 0.2) is 140 Å². The number of nitrogens with zero attached hydrogens (tertiary/aromatic N) is 3. The van der Waals surface area contributed by atoms with Crippen LogP contribution in [0.1, 0.15) is 0 Å². The first-order valence-electron chi connectivity index (χ1n) is 13.4. The Kier molecular flexibility index (Phi) is 5.10. The fourth-order valence-electron chi connectivity index (χ4n) is 5.65. The summed E-state index contributed by atoms with van der Waals surface area (Å²) in [4.78, 5) is 12.7. The van der Waals surface area contributed by atoms with Crippen molar-refractivity contribution in [2.75, 3.05) is 0 Å². The van der Waals surface area contributed by atoms with Crippen LogP contribution in [-0.2, 0) is 0 Å². The largest absolute Gasteiger partial charge is 0.354 e. The standard InChI is InChI=1S/C36H24N4/c1-3-8-26(9-4-1)34-31-21-30-20-28(16-17-29(30)22-32(31)38-35(34)27-10-5-2-6-11-27)24-12-14-25(15-13-24)33-23-40-19-7-18-37-36(40)39-33/h1-23,38H. The van der Waals surface area contributed by atoms with Crippen LogP contribution in [0.4, 0.5) is 0 Å². The number of rotatable bonds is 4. The summed E-state index contributed by atoms with van der Waals surface area (Å²) in [5.41, 5.74) is 10.3. The summed E-state index contributed by atoms with van der Waals surface area (Å²) in [6.07, 6.45) is 5.75. The Hall–Kier alpha value is -5.48. The van der Waals surface area contributed by atoms with E-state index in [4.69, 9.17) is 0 Å². The highest BCUT2D eigenvalue weighted by atomic mass is 15.1. The van der Waals surface area contributed by atoms with Gasteiger partial charge in [0.25, 0.3) is 0 Å². The second kappa shape index (κ2) is 9.07. The van der Waals surface area contributed by atoms with Crippen LogP contribution in [0, 0.1) is 0 Å². The molecule has 0 spiro atoms. The zero-order valence-electron chi connectivity index (χ0n) is 21.6. The third kappa shape index (κ3) is 3.77.